The van der Waals surface area contributed by atoms with Gasteiger partial charge in [0.15, 0.2) is 0 Å². The SMILES string of the molecule is CCCCCCCc1ccc(C(=O)O)c(C(=O)O)c1CCCCCC. The fourth-order valence-electron chi connectivity index (χ4n) is 3.28. The van der Waals surface area contributed by atoms with Crippen molar-refractivity contribution in [3.8, 4) is 0 Å². The Hall–Kier alpha value is -1.84. The van der Waals surface area contributed by atoms with Crippen LogP contribution in [-0.4, -0.2) is 22.2 Å². The highest BCUT2D eigenvalue weighted by molar-refractivity contribution is 6.03. The molecule has 0 saturated carbocycles. The largest absolute Gasteiger partial charge is 0.478 e. The van der Waals surface area contributed by atoms with E-state index in [0.29, 0.717) is 6.42 Å². The van der Waals surface area contributed by atoms with E-state index in [9.17, 15) is 19.8 Å². The van der Waals surface area contributed by atoms with Crippen molar-refractivity contribution in [3.63, 3.8) is 0 Å². The predicted molar refractivity (Wildman–Crippen MR) is 101 cm³/mol. The Labute approximate surface area is 151 Å². The maximum atomic E-state index is 11.7. The fraction of sp³-hybridized carbons (Fsp3) is 0.619. The summed E-state index contributed by atoms with van der Waals surface area (Å²) in [7, 11) is 0. The molecule has 4 nitrogen and oxygen atoms in total. The number of rotatable bonds is 13. The molecule has 0 radical (unpaired) electrons. The van der Waals surface area contributed by atoms with E-state index in [4.69, 9.17) is 0 Å². The van der Waals surface area contributed by atoms with Crippen molar-refractivity contribution >= 4 is 11.9 Å². The lowest BCUT2D eigenvalue weighted by atomic mass is 9.89. The molecule has 0 spiro atoms. The Balaban J connectivity index is 3.01. The Morgan fingerprint density at radius 2 is 1.32 bits per heavy atom. The fourth-order valence-corrected chi connectivity index (χ4v) is 3.28. The van der Waals surface area contributed by atoms with Crippen molar-refractivity contribution in [2.75, 3.05) is 0 Å². The molecule has 2 N–H and O–H groups in total. The van der Waals surface area contributed by atoms with Crippen molar-refractivity contribution in [1.29, 1.82) is 0 Å². The third-order valence-corrected chi connectivity index (χ3v) is 4.68. The second-order valence-electron chi connectivity index (χ2n) is 6.71. The number of unbranched alkanes of at least 4 members (excludes halogenated alkanes) is 7. The van der Waals surface area contributed by atoms with Gasteiger partial charge < -0.3 is 10.2 Å². The number of carboxylic acids is 2. The number of benzene rings is 1. The summed E-state index contributed by atoms with van der Waals surface area (Å²) in [4.78, 5) is 23.2. The third kappa shape index (κ3) is 6.89. The van der Waals surface area contributed by atoms with Crippen LogP contribution in [-0.2, 0) is 12.8 Å². The number of aromatic carboxylic acids is 2. The second-order valence-corrected chi connectivity index (χ2v) is 6.71. The molecule has 0 aromatic heterocycles. The molecule has 140 valence electrons. The summed E-state index contributed by atoms with van der Waals surface area (Å²) in [6.45, 7) is 4.31. The lowest BCUT2D eigenvalue weighted by Gasteiger charge is -2.15. The average molecular weight is 348 g/mol. The zero-order valence-electron chi connectivity index (χ0n) is 15.6. The van der Waals surface area contributed by atoms with E-state index in [2.05, 4.69) is 13.8 Å². The van der Waals surface area contributed by atoms with Crippen LogP contribution >= 0.6 is 0 Å². The number of hydrogen-bond donors (Lipinski definition) is 2. The monoisotopic (exact) mass is 348 g/mol. The first-order valence-electron chi connectivity index (χ1n) is 9.64. The van der Waals surface area contributed by atoms with Crippen molar-refractivity contribution in [2.24, 2.45) is 0 Å². The first-order chi connectivity index (χ1) is 12.0. The van der Waals surface area contributed by atoms with Gasteiger partial charge in [-0.2, -0.15) is 0 Å². The minimum Gasteiger partial charge on any atom is -0.478 e. The van der Waals surface area contributed by atoms with Crippen molar-refractivity contribution < 1.29 is 19.8 Å². The van der Waals surface area contributed by atoms with E-state index < -0.39 is 11.9 Å². The topological polar surface area (TPSA) is 74.6 Å². The first kappa shape index (κ1) is 21.2. The van der Waals surface area contributed by atoms with Gasteiger partial charge in [0.25, 0.3) is 0 Å². The molecule has 4 heteroatoms. The molecule has 0 aliphatic rings. The van der Waals surface area contributed by atoms with Gasteiger partial charge in [-0.15, -0.1) is 0 Å². The van der Waals surface area contributed by atoms with Gasteiger partial charge in [0.1, 0.15) is 0 Å². The van der Waals surface area contributed by atoms with Crippen LogP contribution in [0.1, 0.15) is 103 Å². The Kier molecular flexibility index (Phi) is 9.90. The maximum absolute atomic E-state index is 11.7. The van der Waals surface area contributed by atoms with Gasteiger partial charge >= 0.3 is 11.9 Å². The number of aryl methyl sites for hydroxylation is 1. The molecule has 0 unspecified atom stereocenters. The summed E-state index contributed by atoms with van der Waals surface area (Å²) in [6, 6.07) is 3.29. The molecule has 0 amide bonds. The molecule has 0 heterocycles. The van der Waals surface area contributed by atoms with E-state index in [0.717, 1.165) is 56.1 Å². The summed E-state index contributed by atoms with van der Waals surface area (Å²) in [5.41, 5.74) is 1.65. The standard InChI is InChI=1S/C21H32O4/c1-3-5-7-9-10-12-16-14-15-18(20(22)23)19(21(24)25)17(16)13-11-8-6-4-2/h14-15H,3-13H2,1-2H3,(H,22,23)(H,24,25). The van der Waals surface area contributed by atoms with E-state index in [1.165, 1.54) is 25.3 Å². The van der Waals surface area contributed by atoms with Gasteiger partial charge in [0.05, 0.1) is 11.1 Å². The summed E-state index contributed by atoms with van der Waals surface area (Å²) in [5.74, 6) is -2.29. The Bertz CT molecular complexity index is 563. The molecular weight excluding hydrogens is 316 g/mol. The van der Waals surface area contributed by atoms with Crippen LogP contribution in [0.25, 0.3) is 0 Å². The third-order valence-electron chi connectivity index (χ3n) is 4.68. The normalized spacial score (nSPS) is 10.8. The van der Waals surface area contributed by atoms with Crippen LogP contribution in [0.2, 0.25) is 0 Å². The average Bonchev–Trinajstić information content (AvgIpc) is 2.58. The highest BCUT2D eigenvalue weighted by Crippen LogP contribution is 2.24. The molecule has 0 bridgehead atoms. The van der Waals surface area contributed by atoms with Crippen molar-refractivity contribution in [3.05, 3.63) is 34.4 Å². The smallest absolute Gasteiger partial charge is 0.336 e. The zero-order valence-corrected chi connectivity index (χ0v) is 15.6. The first-order valence-corrected chi connectivity index (χ1v) is 9.64. The lowest BCUT2D eigenvalue weighted by Crippen LogP contribution is -2.14. The van der Waals surface area contributed by atoms with Crippen LogP contribution in [0, 0.1) is 0 Å². The maximum Gasteiger partial charge on any atom is 0.336 e. The predicted octanol–water partition coefficient (Wildman–Crippen LogP) is 5.72. The molecule has 1 aromatic rings. The van der Waals surface area contributed by atoms with Gasteiger partial charge in [0, 0.05) is 0 Å². The molecule has 25 heavy (non-hydrogen) atoms. The highest BCUT2D eigenvalue weighted by atomic mass is 16.4. The molecule has 0 aliphatic carbocycles. The quantitative estimate of drug-likeness (QED) is 0.447. The van der Waals surface area contributed by atoms with E-state index in [-0.39, 0.29) is 11.1 Å². The molecular formula is C21H32O4. The zero-order chi connectivity index (χ0) is 18.7. The van der Waals surface area contributed by atoms with Crippen LogP contribution in [0.15, 0.2) is 12.1 Å². The van der Waals surface area contributed by atoms with E-state index in [1.54, 1.807) is 0 Å². The Morgan fingerprint density at radius 1 is 0.760 bits per heavy atom. The van der Waals surface area contributed by atoms with Crippen LogP contribution in [0.4, 0.5) is 0 Å². The number of hydrogen-bond acceptors (Lipinski definition) is 2. The molecule has 0 aliphatic heterocycles. The van der Waals surface area contributed by atoms with E-state index >= 15 is 0 Å². The number of carboxylic acid groups (broad SMARTS) is 2. The van der Waals surface area contributed by atoms with Crippen LogP contribution in [0.3, 0.4) is 0 Å². The molecule has 0 fully saturated rings. The van der Waals surface area contributed by atoms with Gasteiger partial charge in [-0.05, 0) is 42.9 Å². The second kappa shape index (κ2) is 11.7. The molecule has 1 rings (SSSR count). The molecule has 0 atom stereocenters. The Morgan fingerprint density at radius 3 is 1.88 bits per heavy atom. The number of carbonyl (C=O) groups is 2. The summed E-state index contributed by atoms with van der Waals surface area (Å²) < 4.78 is 0. The molecule has 1 aromatic carbocycles. The van der Waals surface area contributed by atoms with Crippen molar-refractivity contribution in [1.82, 2.24) is 0 Å². The summed E-state index contributed by atoms with van der Waals surface area (Å²) in [6.07, 6.45) is 11.4. The van der Waals surface area contributed by atoms with E-state index in [1.807, 2.05) is 6.07 Å². The minimum absolute atomic E-state index is 0.00458. The highest BCUT2D eigenvalue weighted by Gasteiger charge is 2.22. The van der Waals surface area contributed by atoms with Gasteiger partial charge in [0.2, 0.25) is 0 Å². The van der Waals surface area contributed by atoms with Crippen LogP contribution in [0.5, 0.6) is 0 Å². The van der Waals surface area contributed by atoms with Gasteiger partial charge in [-0.1, -0.05) is 64.9 Å². The van der Waals surface area contributed by atoms with Gasteiger partial charge in [-0.25, -0.2) is 9.59 Å². The lowest BCUT2D eigenvalue weighted by molar-refractivity contribution is 0.0650. The summed E-state index contributed by atoms with van der Waals surface area (Å²) >= 11 is 0. The molecule has 0 saturated heterocycles. The summed E-state index contributed by atoms with van der Waals surface area (Å²) in [5, 5.41) is 19.0. The van der Waals surface area contributed by atoms with Crippen LogP contribution < -0.4 is 0 Å². The minimum atomic E-state index is -1.17. The van der Waals surface area contributed by atoms with Crippen molar-refractivity contribution in [2.45, 2.75) is 84.5 Å². The van der Waals surface area contributed by atoms with Gasteiger partial charge in [-0.3, -0.25) is 0 Å².